The van der Waals surface area contributed by atoms with Crippen molar-refractivity contribution in [2.24, 2.45) is 0 Å². The predicted molar refractivity (Wildman–Crippen MR) is 54.9 cm³/mol. The van der Waals surface area contributed by atoms with Crippen LogP contribution in [0.4, 0.5) is 0 Å². The van der Waals surface area contributed by atoms with Crippen LogP contribution in [0, 0.1) is 0 Å². The Morgan fingerprint density at radius 3 is 2.31 bits per heavy atom. The van der Waals surface area contributed by atoms with Crippen LogP contribution < -0.4 is 5.32 Å². The van der Waals surface area contributed by atoms with Gasteiger partial charge in [0.05, 0.1) is 12.2 Å². The number of ether oxygens (including phenoxy) is 1. The number of hydrogen-bond donors (Lipinski definition) is 2. The summed E-state index contributed by atoms with van der Waals surface area (Å²) < 4.78 is 5.06. The molecule has 0 fully saturated rings. The first-order chi connectivity index (χ1) is 5.91. The minimum Gasteiger partial charge on any atom is -0.389 e. The summed E-state index contributed by atoms with van der Waals surface area (Å²) in [4.78, 5) is 0. The van der Waals surface area contributed by atoms with Gasteiger partial charge < -0.3 is 15.2 Å². The lowest BCUT2D eigenvalue weighted by atomic mass is 9.99. The Kier molecular flexibility index (Phi) is 5.53. The molecule has 80 valence electrons. The van der Waals surface area contributed by atoms with Crippen LogP contribution in [0.3, 0.4) is 0 Å². The van der Waals surface area contributed by atoms with Gasteiger partial charge in [0.2, 0.25) is 0 Å². The second-order valence-electron chi connectivity index (χ2n) is 4.10. The number of aliphatic hydroxyl groups is 1. The fraction of sp³-hybridized carbons (Fsp3) is 1.00. The SMILES string of the molecule is CCC(COC)NC(C)C(C)(C)O. The summed E-state index contributed by atoms with van der Waals surface area (Å²) in [5, 5.41) is 13.0. The highest BCUT2D eigenvalue weighted by atomic mass is 16.5. The summed E-state index contributed by atoms with van der Waals surface area (Å²) in [6.45, 7) is 8.40. The first kappa shape index (κ1) is 12.9. The monoisotopic (exact) mass is 189 g/mol. The van der Waals surface area contributed by atoms with Gasteiger partial charge in [0, 0.05) is 19.2 Å². The molecule has 2 unspecified atom stereocenters. The van der Waals surface area contributed by atoms with E-state index in [4.69, 9.17) is 4.74 Å². The summed E-state index contributed by atoms with van der Waals surface area (Å²) >= 11 is 0. The van der Waals surface area contributed by atoms with Crippen molar-refractivity contribution in [3.05, 3.63) is 0 Å². The molecule has 0 rings (SSSR count). The van der Waals surface area contributed by atoms with E-state index in [2.05, 4.69) is 12.2 Å². The molecule has 0 aliphatic rings. The summed E-state index contributed by atoms with van der Waals surface area (Å²) in [7, 11) is 1.69. The molecule has 0 heterocycles. The largest absolute Gasteiger partial charge is 0.389 e. The molecule has 0 spiro atoms. The van der Waals surface area contributed by atoms with Crippen LogP contribution in [-0.2, 0) is 4.74 Å². The molecule has 0 aliphatic carbocycles. The van der Waals surface area contributed by atoms with Gasteiger partial charge in [-0.05, 0) is 27.2 Å². The van der Waals surface area contributed by atoms with E-state index in [0.717, 1.165) is 6.42 Å². The fourth-order valence-electron chi connectivity index (χ4n) is 1.04. The van der Waals surface area contributed by atoms with E-state index in [1.165, 1.54) is 0 Å². The van der Waals surface area contributed by atoms with Crippen molar-refractivity contribution >= 4 is 0 Å². The molecular formula is C10H23NO2. The lowest BCUT2D eigenvalue weighted by Crippen LogP contribution is -2.50. The van der Waals surface area contributed by atoms with Crippen molar-refractivity contribution < 1.29 is 9.84 Å². The average molecular weight is 189 g/mol. The lowest BCUT2D eigenvalue weighted by molar-refractivity contribution is 0.0335. The molecule has 2 atom stereocenters. The van der Waals surface area contributed by atoms with Crippen LogP contribution in [0.25, 0.3) is 0 Å². The molecule has 0 aromatic carbocycles. The molecule has 0 saturated heterocycles. The lowest BCUT2D eigenvalue weighted by Gasteiger charge is -2.30. The fourth-order valence-corrected chi connectivity index (χ4v) is 1.04. The Labute approximate surface area is 81.5 Å². The molecule has 13 heavy (non-hydrogen) atoms. The summed E-state index contributed by atoms with van der Waals surface area (Å²) in [6, 6.07) is 0.402. The predicted octanol–water partition coefficient (Wildman–Crippen LogP) is 1.16. The number of nitrogens with one attached hydrogen (secondary N) is 1. The zero-order chi connectivity index (χ0) is 10.5. The van der Waals surface area contributed by atoms with Gasteiger partial charge in [-0.3, -0.25) is 0 Å². The molecule has 0 bridgehead atoms. The molecule has 0 aliphatic heterocycles. The summed E-state index contributed by atoms with van der Waals surface area (Å²) in [5.74, 6) is 0. The normalized spacial score (nSPS) is 17.1. The first-order valence-corrected chi connectivity index (χ1v) is 4.89. The first-order valence-electron chi connectivity index (χ1n) is 4.89. The van der Waals surface area contributed by atoms with Crippen molar-refractivity contribution in [1.82, 2.24) is 5.32 Å². The molecule has 0 aromatic rings. The van der Waals surface area contributed by atoms with E-state index in [-0.39, 0.29) is 6.04 Å². The highest BCUT2D eigenvalue weighted by molar-refractivity contribution is 4.82. The van der Waals surface area contributed by atoms with Gasteiger partial charge in [-0.15, -0.1) is 0 Å². The Morgan fingerprint density at radius 1 is 1.46 bits per heavy atom. The van der Waals surface area contributed by atoms with Crippen molar-refractivity contribution in [3.8, 4) is 0 Å². The number of hydrogen-bond acceptors (Lipinski definition) is 3. The summed E-state index contributed by atoms with van der Waals surface area (Å²) in [6.07, 6.45) is 1.01. The topological polar surface area (TPSA) is 41.5 Å². The highest BCUT2D eigenvalue weighted by Crippen LogP contribution is 2.09. The van der Waals surface area contributed by atoms with E-state index in [0.29, 0.717) is 12.6 Å². The van der Waals surface area contributed by atoms with Gasteiger partial charge in [-0.25, -0.2) is 0 Å². The Morgan fingerprint density at radius 2 is 2.00 bits per heavy atom. The maximum Gasteiger partial charge on any atom is 0.0741 e. The molecule has 0 saturated carbocycles. The average Bonchev–Trinajstić information content (AvgIpc) is 2.01. The van der Waals surface area contributed by atoms with Gasteiger partial charge in [-0.2, -0.15) is 0 Å². The van der Waals surface area contributed by atoms with Gasteiger partial charge in [0.1, 0.15) is 0 Å². The van der Waals surface area contributed by atoms with Gasteiger partial charge in [0.25, 0.3) is 0 Å². The third kappa shape index (κ3) is 5.24. The second kappa shape index (κ2) is 5.58. The van der Waals surface area contributed by atoms with E-state index in [1.54, 1.807) is 7.11 Å². The molecule has 0 aromatic heterocycles. The Bertz CT molecular complexity index is 131. The van der Waals surface area contributed by atoms with Gasteiger partial charge >= 0.3 is 0 Å². The van der Waals surface area contributed by atoms with E-state index in [9.17, 15) is 5.11 Å². The molecule has 0 amide bonds. The third-order valence-corrected chi connectivity index (χ3v) is 2.41. The van der Waals surface area contributed by atoms with Crippen molar-refractivity contribution in [1.29, 1.82) is 0 Å². The summed E-state index contributed by atoms with van der Waals surface area (Å²) in [5.41, 5.74) is -0.679. The van der Waals surface area contributed by atoms with Crippen molar-refractivity contribution in [2.75, 3.05) is 13.7 Å². The molecule has 2 N–H and O–H groups in total. The van der Waals surface area contributed by atoms with Crippen LogP contribution in [0.1, 0.15) is 34.1 Å². The highest BCUT2D eigenvalue weighted by Gasteiger charge is 2.23. The molecule has 0 radical (unpaired) electrons. The van der Waals surface area contributed by atoms with Gasteiger partial charge in [0.15, 0.2) is 0 Å². The van der Waals surface area contributed by atoms with Crippen LogP contribution in [0.2, 0.25) is 0 Å². The third-order valence-electron chi connectivity index (χ3n) is 2.41. The molecule has 3 nitrogen and oxygen atoms in total. The Balaban J connectivity index is 3.93. The maximum absolute atomic E-state index is 9.70. The van der Waals surface area contributed by atoms with Gasteiger partial charge in [-0.1, -0.05) is 6.92 Å². The number of methoxy groups -OCH3 is 1. The smallest absolute Gasteiger partial charge is 0.0741 e. The van der Waals surface area contributed by atoms with E-state index < -0.39 is 5.60 Å². The zero-order valence-electron chi connectivity index (χ0n) is 9.42. The standard InChI is InChI=1S/C10H23NO2/c1-6-9(7-13-5)11-8(2)10(3,4)12/h8-9,11-12H,6-7H2,1-5H3. The van der Waals surface area contributed by atoms with Crippen molar-refractivity contribution in [2.45, 2.75) is 51.8 Å². The van der Waals surface area contributed by atoms with Crippen molar-refractivity contribution in [3.63, 3.8) is 0 Å². The Hall–Kier alpha value is -0.120. The second-order valence-corrected chi connectivity index (χ2v) is 4.10. The number of rotatable bonds is 6. The van der Waals surface area contributed by atoms with E-state index >= 15 is 0 Å². The van der Waals surface area contributed by atoms with Crippen LogP contribution in [0.15, 0.2) is 0 Å². The van der Waals surface area contributed by atoms with E-state index in [1.807, 2.05) is 20.8 Å². The van der Waals surface area contributed by atoms with Crippen LogP contribution in [-0.4, -0.2) is 36.5 Å². The minimum atomic E-state index is -0.679. The maximum atomic E-state index is 9.70. The molecular weight excluding hydrogens is 166 g/mol. The van der Waals surface area contributed by atoms with Crippen LogP contribution >= 0.6 is 0 Å². The minimum absolute atomic E-state index is 0.0765. The molecule has 3 heteroatoms. The zero-order valence-corrected chi connectivity index (χ0v) is 9.42. The van der Waals surface area contributed by atoms with Crippen LogP contribution in [0.5, 0.6) is 0 Å². The quantitative estimate of drug-likeness (QED) is 0.659.